The molecule has 0 aliphatic heterocycles. The minimum Gasteiger partial charge on any atom is -0.385 e. The van der Waals surface area contributed by atoms with Crippen molar-refractivity contribution in [2.45, 2.75) is 25.9 Å². The second kappa shape index (κ2) is 3.61. The lowest BCUT2D eigenvalue weighted by atomic mass is 9.93. The first kappa shape index (κ1) is 11.0. The zero-order valence-corrected chi connectivity index (χ0v) is 7.94. The van der Waals surface area contributed by atoms with Crippen molar-refractivity contribution in [2.75, 3.05) is 0 Å². The maximum atomic E-state index is 12.8. The molecule has 1 N–H and O–H groups in total. The Morgan fingerprint density at radius 3 is 2.00 bits per heavy atom. The maximum Gasteiger partial charge on any atom is 0.194 e. The first-order valence-corrected chi connectivity index (χ1v) is 4.26. The van der Waals surface area contributed by atoms with Gasteiger partial charge in [-0.05, 0) is 31.0 Å². The largest absolute Gasteiger partial charge is 0.385 e. The van der Waals surface area contributed by atoms with Gasteiger partial charge in [0.15, 0.2) is 17.5 Å². The van der Waals surface area contributed by atoms with Crippen LogP contribution in [0.3, 0.4) is 0 Å². The van der Waals surface area contributed by atoms with Crippen molar-refractivity contribution >= 4 is 0 Å². The van der Waals surface area contributed by atoms with Gasteiger partial charge in [-0.15, -0.1) is 0 Å². The summed E-state index contributed by atoms with van der Waals surface area (Å²) in [7, 11) is 0. The molecule has 1 rings (SSSR count). The summed E-state index contributed by atoms with van der Waals surface area (Å²) in [6.07, 6.45) is 0.289. The lowest BCUT2D eigenvalue weighted by molar-refractivity contribution is 0.0522. The van der Waals surface area contributed by atoms with Crippen LogP contribution in [0, 0.1) is 17.5 Å². The molecule has 0 fully saturated rings. The van der Waals surface area contributed by atoms with Gasteiger partial charge < -0.3 is 5.11 Å². The quantitative estimate of drug-likeness (QED) is 0.734. The fourth-order valence-electron chi connectivity index (χ4n) is 1.07. The highest BCUT2D eigenvalue weighted by Crippen LogP contribution is 2.26. The molecule has 0 bridgehead atoms. The molecule has 0 radical (unpaired) electrons. The van der Waals surface area contributed by atoms with Gasteiger partial charge in [0.2, 0.25) is 0 Å². The van der Waals surface area contributed by atoms with Gasteiger partial charge in [-0.2, -0.15) is 0 Å². The van der Waals surface area contributed by atoms with E-state index in [9.17, 15) is 18.3 Å². The SMILES string of the molecule is CC[C@@](C)(O)c1cc(F)c(F)c(F)c1. The molecule has 1 atom stereocenters. The smallest absolute Gasteiger partial charge is 0.194 e. The summed E-state index contributed by atoms with van der Waals surface area (Å²) >= 11 is 0. The van der Waals surface area contributed by atoms with Crippen LogP contribution in [0.4, 0.5) is 13.2 Å². The Balaban J connectivity index is 3.26. The first-order valence-electron chi connectivity index (χ1n) is 4.26. The molecule has 0 heterocycles. The van der Waals surface area contributed by atoms with Crippen LogP contribution in [0.15, 0.2) is 12.1 Å². The van der Waals surface area contributed by atoms with Gasteiger partial charge in [-0.1, -0.05) is 6.92 Å². The molecule has 0 amide bonds. The van der Waals surface area contributed by atoms with Crippen LogP contribution in [-0.2, 0) is 5.60 Å². The number of hydrogen-bond donors (Lipinski definition) is 1. The Morgan fingerprint density at radius 1 is 1.21 bits per heavy atom. The summed E-state index contributed by atoms with van der Waals surface area (Å²) in [5.41, 5.74) is -1.30. The van der Waals surface area contributed by atoms with Crippen LogP contribution >= 0.6 is 0 Å². The highest BCUT2D eigenvalue weighted by molar-refractivity contribution is 5.24. The van der Waals surface area contributed by atoms with Crippen LogP contribution in [0.25, 0.3) is 0 Å². The molecular formula is C10H11F3O. The molecule has 1 aromatic rings. The van der Waals surface area contributed by atoms with E-state index in [-0.39, 0.29) is 12.0 Å². The van der Waals surface area contributed by atoms with Crippen molar-refractivity contribution in [1.29, 1.82) is 0 Å². The summed E-state index contributed by atoms with van der Waals surface area (Å²) in [4.78, 5) is 0. The fourth-order valence-corrected chi connectivity index (χ4v) is 1.07. The second-order valence-electron chi connectivity index (χ2n) is 3.38. The van der Waals surface area contributed by atoms with Crippen LogP contribution in [0.5, 0.6) is 0 Å². The number of benzene rings is 1. The van der Waals surface area contributed by atoms with E-state index in [1.165, 1.54) is 6.92 Å². The molecule has 1 nitrogen and oxygen atoms in total. The predicted octanol–water partition coefficient (Wildman–Crippen LogP) is 2.72. The highest BCUT2D eigenvalue weighted by atomic mass is 19.2. The van der Waals surface area contributed by atoms with Crippen molar-refractivity contribution in [3.63, 3.8) is 0 Å². The van der Waals surface area contributed by atoms with Crippen LogP contribution < -0.4 is 0 Å². The summed E-state index contributed by atoms with van der Waals surface area (Å²) in [6, 6.07) is 1.61. The predicted molar refractivity (Wildman–Crippen MR) is 46.2 cm³/mol. The zero-order valence-electron chi connectivity index (χ0n) is 7.94. The number of halogens is 3. The van der Waals surface area contributed by atoms with Gasteiger partial charge in [0.25, 0.3) is 0 Å². The van der Waals surface area contributed by atoms with E-state index < -0.39 is 23.1 Å². The number of rotatable bonds is 2. The summed E-state index contributed by atoms with van der Waals surface area (Å²) < 4.78 is 38.1. The Morgan fingerprint density at radius 2 is 1.64 bits per heavy atom. The van der Waals surface area contributed by atoms with E-state index >= 15 is 0 Å². The summed E-state index contributed by atoms with van der Waals surface area (Å²) in [5.74, 6) is -4.08. The Bertz CT molecular complexity index is 324. The zero-order chi connectivity index (χ0) is 10.9. The molecule has 0 spiro atoms. The molecule has 0 aromatic heterocycles. The maximum absolute atomic E-state index is 12.8. The molecule has 0 aliphatic rings. The fraction of sp³-hybridized carbons (Fsp3) is 0.400. The molecule has 0 aliphatic carbocycles. The molecule has 14 heavy (non-hydrogen) atoms. The third-order valence-electron chi connectivity index (χ3n) is 2.29. The number of hydrogen-bond acceptors (Lipinski definition) is 1. The van der Waals surface area contributed by atoms with E-state index in [2.05, 4.69) is 0 Å². The van der Waals surface area contributed by atoms with Crippen LogP contribution in [-0.4, -0.2) is 5.11 Å². The minimum absolute atomic E-state index is 0.0383. The van der Waals surface area contributed by atoms with E-state index in [0.717, 1.165) is 12.1 Å². The van der Waals surface area contributed by atoms with Gasteiger partial charge >= 0.3 is 0 Å². The normalized spacial score (nSPS) is 15.3. The second-order valence-corrected chi connectivity index (χ2v) is 3.38. The average Bonchev–Trinajstić information content (AvgIpc) is 2.13. The highest BCUT2D eigenvalue weighted by Gasteiger charge is 2.23. The Kier molecular flexibility index (Phi) is 2.85. The third-order valence-corrected chi connectivity index (χ3v) is 2.29. The summed E-state index contributed by atoms with van der Waals surface area (Å²) in [6.45, 7) is 3.08. The van der Waals surface area contributed by atoms with Crippen molar-refractivity contribution in [1.82, 2.24) is 0 Å². The monoisotopic (exact) mass is 204 g/mol. The van der Waals surface area contributed by atoms with Crippen LogP contribution in [0.2, 0.25) is 0 Å². The Labute approximate surface area is 80.2 Å². The first-order chi connectivity index (χ1) is 6.38. The Hall–Kier alpha value is -1.03. The van der Waals surface area contributed by atoms with E-state index in [1.807, 2.05) is 0 Å². The van der Waals surface area contributed by atoms with Crippen molar-refractivity contribution < 1.29 is 18.3 Å². The van der Waals surface area contributed by atoms with E-state index in [0.29, 0.717) is 0 Å². The van der Waals surface area contributed by atoms with Crippen molar-refractivity contribution in [3.05, 3.63) is 35.1 Å². The standard InChI is InChI=1S/C10H11F3O/c1-3-10(2,14)6-4-7(11)9(13)8(12)5-6/h4-5,14H,3H2,1-2H3/t10-/m1/s1. The molecule has 78 valence electrons. The van der Waals surface area contributed by atoms with Gasteiger partial charge in [-0.3, -0.25) is 0 Å². The lowest BCUT2D eigenvalue weighted by Crippen LogP contribution is -2.20. The molecule has 0 unspecified atom stereocenters. The van der Waals surface area contributed by atoms with Crippen molar-refractivity contribution in [2.24, 2.45) is 0 Å². The van der Waals surface area contributed by atoms with Crippen LogP contribution in [0.1, 0.15) is 25.8 Å². The average molecular weight is 204 g/mol. The third kappa shape index (κ3) is 1.90. The molecule has 0 saturated carbocycles. The summed E-state index contributed by atoms with van der Waals surface area (Å²) in [5, 5.41) is 9.68. The van der Waals surface area contributed by atoms with Gasteiger partial charge in [-0.25, -0.2) is 13.2 Å². The van der Waals surface area contributed by atoms with Gasteiger partial charge in [0.05, 0.1) is 5.60 Å². The molecule has 1 aromatic carbocycles. The number of aliphatic hydroxyl groups is 1. The minimum atomic E-state index is -1.51. The van der Waals surface area contributed by atoms with E-state index in [1.54, 1.807) is 6.92 Å². The molecule has 4 heteroatoms. The van der Waals surface area contributed by atoms with Gasteiger partial charge in [0.1, 0.15) is 0 Å². The lowest BCUT2D eigenvalue weighted by Gasteiger charge is -2.21. The molecular weight excluding hydrogens is 193 g/mol. The van der Waals surface area contributed by atoms with E-state index in [4.69, 9.17) is 0 Å². The van der Waals surface area contributed by atoms with Gasteiger partial charge in [0, 0.05) is 0 Å². The topological polar surface area (TPSA) is 20.2 Å². The molecule has 0 saturated heterocycles. The van der Waals surface area contributed by atoms with Crippen molar-refractivity contribution in [3.8, 4) is 0 Å².